The number of halogens is 2. The molecule has 1 aromatic heterocycles. The van der Waals surface area contributed by atoms with Gasteiger partial charge in [-0.2, -0.15) is 4.39 Å². The molecule has 9 heteroatoms. The molecule has 0 saturated carbocycles. The van der Waals surface area contributed by atoms with Gasteiger partial charge in [0.2, 0.25) is 5.83 Å². The molecule has 1 fully saturated rings. The number of esters is 1. The van der Waals surface area contributed by atoms with E-state index < -0.39 is 17.9 Å². The van der Waals surface area contributed by atoms with E-state index in [0.717, 1.165) is 6.08 Å². The van der Waals surface area contributed by atoms with Crippen molar-refractivity contribution in [3.63, 3.8) is 0 Å². The van der Waals surface area contributed by atoms with Crippen LogP contribution in [-0.4, -0.2) is 52.8 Å². The standard InChI is InChI=1S/C15H17ClFN3O4/c1-2-24-14(21)12(17)6-9-5-11(16)13(18-7-9)19-10-3-4-20(8-10)15(22)23/h5-7,10H,2-4,8H2,1H3,(H,18,19)(H,22,23)/t10-/m1/s1. The summed E-state index contributed by atoms with van der Waals surface area (Å²) < 4.78 is 18.1. The first kappa shape index (κ1) is 18.0. The maximum Gasteiger partial charge on any atom is 0.407 e. The van der Waals surface area contributed by atoms with Crippen LogP contribution in [0.3, 0.4) is 0 Å². The predicted molar refractivity (Wildman–Crippen MR) is 86.6 cm³/mol. The fourth-order valence-electron chi connectivity index (χ4n) is 2.29. The Morgan fingerprint density at radius 1 is 1.62 bits per heavy atom. The highest BCUT2D eigenvalue weighted by Crippen LogP contribution is 2.24. The van der Waals surface area contributed by atoms with E-state index in [1.54, 1.807) is 6.92 Å². The fraction of sp³-hybridized carbons (Fsp3) is 0.400. The van der Waals surface area contributed by atoms with Crippen LogP contribution in [-0.2, 0) is 9.53 Å². The Morgan fingerprint density at radius 3 is 2.96 bits per heavy atom. The second-order valence-corrected chi connectivity index (χ2v) is 5.58. The minimum atomic E-state index is -1.05. The van der Waals surface area contributed by atoms with Gasteiger partial charge in [-0.3, -0.25) is 0 Å². The Morgan fingerprint density at radius 2 is 2.38 bits per heavy atom. The van der Waals surface area contributed by atoms with E-state index in [1.807, 2.05) is 0 Å². The molecule has 2 heterocycles. The summed E-state index contributed by atoms with van der Waals surface area (Å²) in [5, 5.41) is 12.2. The van der Waals surface area contributed by atoms with Crippen LogP contribution in [0, 0.1) is 0 Å². The van der Waals surface area contributed by atoms with Crippen LogP contribution < -0.4 is 5.32 Å². The van der Waals surface area contributed by atoms with Crippen molar-refractivity contribution in [2.75, 3.05) is 25.0 Å². The molecule has 7 nitrogen and oxygen atoms in total. The molecule has 1 aromatic rings. The highest BCUT2D eigenvalue weighted by molar-refractivity contribution is 6.33. The van der Waals surface area contributed by atoms with Gasteiger partial charge in [-0.15, -0.1) is 0 Å². The Labute approximate surface area is 143 Å². The van der Waals surface area contributed by atoms with Gasteiger partial charge in [0.1, 0.15) is 5.82 Å². The molecular formula is C15H17ClFN3O4. The summed E-state index contributed by atoms with van der Waals surface area (Å²) in [6, 6.07) is 1.36. The summed E-state index contributed by atoms with van der Waals surface area (Å²) in [7, 11) is 0. The van der Waals surface area contributed by atoms with Crippen LogP contribution in [0.5, 0.6) is 0 Å². The Hall–Kier alpha value is -2.35. The lowest BCUT2D eigenvalue weighted by Gasteiger charge is -2.15. The molecule has 0 bridgehead atoms. The predicted octanol–water partition coefficient (Wildman–Crippen LogP) is 2.77. The summed E-state index contributed by atoms with van der Waals surface area (Å²) >= 11 is 6.11. The number of hydrogen-bond donors (Lipinski definition) is 2. The molecule has 0 spiro atoms. The van der Waals surface area contributed by atoms with Gasteiger partial charge in [-0.25, -0.2) is 14.6 Å². The van der Waals surface area contributed by atoms with Crippen molar-refractivity contribution in [2.24, 2.45) is 0 Å². The molecule has 0 unspecified atom stereocenters. The van der Waals surface area contributed by atoms with E-state index in [9.17, 15) is 14.0 Å². The molecule has 24 heavy (non-hydrogen) atoms. The second-order valence-electron chi connectivity index (χ2n) is 5.17. The maximum absolute atomic E-state index is 13.6. The van der Waals surface area contributed by atoms with Crippen molar-refractivity contribution in [2.45, 2.75) is 19.4 Å². The molecule has 1 saturated heterocycles. The third-order valence-corrected chi connectivity index (χ3v) is 3.71. The Kier molecular flexibility index (Phi) is 5.97. The van der Waals surface area contributed by atoms with Gasteiger partial charge in [0, 0.05) is 25.3 Å². The highest BCUT2D eigenvalue weighted by Gasteiger charge is 2.26. The van der Waals surface area contributed by atoms with Gasteiger partial charge in [-0.05, 0) is 31.1 Å². The zero-order chi connectivity index (χ0) is 17.7. The van der Waals surface area contributed by atoms with E-state index in [4.69, 9.17) is 16.7 Å². The van der Waals surface area contributed by atoms with E-state index >= 15 is 0 Å². The number of nitrogens with one attached hydrogen (secondary N) is 1. The number of hydrogen-bond acceptors (Lipinski definition) is 5. The van der Waals surface area contributed by atoms with Crippen LogP contribution in [0.2, 0.25) is 5.02 Å². The number of likely N-dealkylation sites (tertiary alicyclic amines) is 1. The molecule has 2 N–H and O–H groups in total. The van der Waals surface area contributed by atoms with Crippen LogP contribution in [0.1, 0.15) is 18.9 Å². The Bertz CT molecular complexity index is 668. The average molecular weight is 358 g/mol. The molecular weight excluding hydrogens is 341 g/mol. The van der Waals surface area contributed by atoms with E-state index in [2.05, 4.69) is 15.0 Å². The first-order valence-corrected chi connectivity index (χ1v) is 7.72. The largest absolute Gasteiger partial charge is 0.465 e. The number of nitrogens with zero attached hydrogens (tertiary/aromatic N) is 2. The van der Waals surface area contributed by atoms with Gasteiger partial charge in [0.15, 0.2) is 0 Å². The zero-order valence-electron chi connectivity index (χ0n) is 13.0. The molecule has 0 aliphatic carbocycles. The van der Waals surface area contributed by atoms with Gasteiger partial charge in [0.25, 0.3) is 0 Å². The quantitative estimate of drug-likeness (QED) is 0.622. The summed E-state index contributed by atoms with van der Waals surface area (Å²) in [5.74, 6) is -1.71. The highest BCUT2D eigenvalue weighted by atomic mass is 35.5. The van der Waals surface area contributed by atoms with Gasteiger partial charge >= 0.3 is 12.1 Å². The summed E-state index contributed by atoms with van der Waals surface area (Å²) in [6.07, 6.45) is 2.02. The van der Waals surface area contributed by atoms with Crippen LogP contribution in [0.25, 0.3) is 6.08 Å². The van der Waals surface area contributed by atoms with Crippen molar-refractivity contribution in [3.05, 3.63) is 28.7 Å². The number of aromatic nitrogens is 1. The number of carbonyl (C=O) groups is 2. The number of rotatable bonds is 5. The lowest BCUT2D eigenvalue weighted by Crippen LogP contribution is -2.30. The summed E-state index contributed by atoms with van der Waals surface area (Å²) in [4.78, 5) is 27.5. The molecule has 1 amide bonds. The summed E-state index contributed by atoms with van der Waals surface area (Å²) in [5.41, 5.74) is 0.315. The zero-order valence-corrected chi connectivity index (χ0v) is 13.7. The number of carboxylic acid groups (broad SMARTS) is 1. The number of pyridine rings is 1. The van der Waals surface area contributed by atoms with Gasteiger partial charge in [-0.1, -0.05) is 11.6 Å². The Balaban J connectivity index is 2.04. The van der Waals surface area contributed by atoms with Crippen molar-refractivity contribution >= 4 is 35.6 Å². The van der Waals surface area contributed by atoms with Gasteiger partial charge < -0.3 is 20.1 Å². The lowest BCUT2D eigenvalue weighted by atomic mass is 10.2. The summed E-state index contributed by atoms with van der Waals surface area (Å²) in [6.45, 7) is 2.44. The topological polar surface area (TPSA) is 91.8 Å². The number of carbonyl (C=O) groups excluding carboxylic acids is 1. The number of anilines is 1. The molecule has 2 rings (SSSR count). The minimum Gasteiger partial charge on any atom is -0.465 e. The maximum atomic E-state index is 13.6. The van der Waals surface area contributed by atoms with Crippen molar-refractivity contribution in [3.8, 4) is 0 Å². The van der Waals surface area contributed by atoms with Crippen LogP contribution in [0.4, 0.5) is 15.0 Å². The first-order valence-electron chi connectivity index (χ1n) is 7.35. The van der Waals surface area contributed by atoms with E-state index in [1.165, 1.54) is 17.2 Å². The van der Waals surface area contributed by atoms with Crippen molar-refractivity contribution in [1.82, 2.24) is 9.88 Å². The molecule has 130 valence electrons. The SMILES string of the molecule is CCOC(=O)C(F)=Cc1cnc(N[C@@H]2CCN(C(=O)O)C2)c(Cl)c1. The van der Waals surface area contributed by atoms with Crippen molar-refractivity contribution < 1.29 is 23.8 Å². The lowest BCUT2D eigenvalue weighted by molar-refractivity contribution is -0.140. The van der Waals surface area contributed by atoms with E-state index in [-0.39, 0.29) is 17.7 Å². The number of amides is 1. The number of ether oxygens (including phenoxy) is 1. The normalized spacial score (nSPS) is 17.7. The molecule has 0 radical (unpaired) electrons. The van der Waals surface area contributed by atoms with E-state index in [0.29, 0.717) is 30.9 Å². The minimum absolute atomic E-state index is 0.0801. The van der Waals surface area contributed by atoms with Crippen molar-refractivity contribution in [1.29, 1.82) is 0 Å². The molecule has 0 aromatic carbocycles. The molecule has 1 aliphatic rings. The first-order chi connectivity index (χ1) is 11.4. The smallest absolute Gasteiger partial charge is 0.407 e. The second kappa shape index (κ2) is 7.96. The third kappa shape index (κ3) is 4.58. The average Bonchev–Trinajstić information content (AvgIpc) is 2.99. The van der Waals surface area contributed by atoms with Gasteiger partial charge in [0.05, 0.1) is 11.6 Å². The van der Waals surface area contributed by atoms with Crippen LogP contribution in [0.15, 0.2) is 18.1 Å². The monoisotopic (exact) mass is 357 g/mol. The third-order valence-electron chi connectivity index (χ3n) is 3.43. The van der Waals surface area contributed by atoms with Crippen LogP contribution >= 0.6 is 11.6 Å². The fourth-order valence-corrected chi connectivity index (χ4v) is 2.52. The molecule has 1 aliphatic heterocycles. The molecule has 1 atom stereocenters.